The van der Waals surface area contributed by atoms with Crippen LogP contribution in [0.25, 0.3) is 0 Å². The number of rotatable bonds is 5. The molecule has 0 unspecified atom stereocenters. The highest BCUT2D eigenvalue weighted by atomic mass is 19.3. The largest absolute Gasteiger partial charge is 0.496 e. The van der Waals surface area contributed by atoms with Crippen LogP contribution in [0.5, 0.6) is 5.75 Å². The molecule has 0 aliphatic rings. The summed E-state index contributed by atoms with van der Waals surface area (Å²) < 4.78 is 36.9. The van der Waals surface area contributed by atoms with Crippen molar-refractivity contribution >= 4 is 5.97 Å². The lowest BCUT2D eigenvalue weighted by molar-refractivity contribution is -0.174. The van der Waals surface area contributed by atoms with Crippen LogP contribution in [-0.2, 0) is 9.53 Å². The molecule has 0 radical (unpaired) electrons. The van der Waals surface area contributed by atoms with E-state index in [-0.39, 0.29) is 12.2 Å². The van der Waals surface area contributed by atoms with Gasteiger partial charge in [0.05, 0.1) is 13.7 Å². The number of hydrogen-bond acceptors (Lipinski definition) is 4. The Morgan fingerprint density at radius 3 is 2.58 bits per heavy atom. The molecule has 0 spiro atoms. The van der Waals surface area contributed by atoms with Gasteiger partial charge in [0.15, 0.2) is 0 Å². The van der Waals surface area contributed by atoms with Gasteiger partial charge in [0.25, 0.3) is 0 Å². The number of methoxy groups -OCH3 is 1. The van der Waals surface area contributed by atoms with Crippen molar-refractivity contribution in [2.45, 2.75) is 25.8 Å². The van der Waals surface area contributed by atoms with Crippen LogP contribution < -0.4 is 10.5 Å². The molecule has 0 heterocycles. The van der Waals surface area contributed by atoms with Gasteiger partial charge in [-0.05, 0) is 31.0 Å². The Bertz CT molecular complexity index is 463. The van der Waals surface area contributed by atoms with Crippen molar-refractivity contribution in [3.63, 3.8) is 0 Å². The normalized spacial score (nSPS) is 12.9. The zero-order valence-corrected chi connectivity index (χ0v) is 11.1. The zero-order chi connectivity index (χ0) is 14.6. The van der Waals surface area contributed by atoms with Crippen LogP contribution in [0.2, 0.25) is 0 Å². The fraction of sp³-hybridized carbons (Fsp3) is 0.462. The summed E-state index contributed by atoms with van der Waals surface area (Å²) in [7, 11) is 1.48. The van der Waals surface area contributed by atoms with E-state index in [1.54, 1.807) is 6.92 Å². The van der Waals surface area contributed by atoms with Crippen molar-refractivity contribution in [3.05, 3.63) is 29.3 Å². The van der Waals surface area contributed by atoms with E-state index in [1.807, 2.05) is 0 Å². The third-order valence-electron chi connectivity index (χ3n) is 2.72. The smallest absolute Gasteiger partial charge is 0.379 e. The van der Waals surface area contributed by atoms with Crippen LogP contribution in [0.15, 0.2) is 18.2 Å². The topological polar surface area (TPSA) is 61.5 Å². The maximum atomic E-state index is 13.8. The second-order valence-electron chi connectivity index (χ2n) is 4.05. The molecule has 0 bridgehead atoms. The Hall–Kier alpha value is -1.69. The maximum absolute atomic E-state index is 13.8. The predicted octanol–water partition coefficient (Wildman–Crippen LogP) is 2.20. The minimum absolute atomic E-state index is 0.122. The number of aryl methyl sites for hydroxylation is 1. The summed E-state index contributed by atoms with van der Waals surface area (Å²) in [5, 5.41) is 0. The molecule has 0 saturated heterocycles. The summed E-state index contributed by atoms with van der Waals surface area (Å²) >= 11 is 0. The van der Waals surface area contributed by atoms with Crippen LogP contribution in [0.4, 0.5) is 8.78 Å². The molecule has 0 amide bonds. The van der Waals surface area contributed by atoms with Crippen molar-refractivity contribution in [1.82, 2.24) is 0 Å². The van der Waals surface area contributed by atoms with Gasteiger partial charge in [0.1, 0.15) is 11.8 Å². The van der Waals surface area contributed by atoms with Crippen molar-refractivity contribution in [1.29, 1.82) is 0 Å². The number of ether oxygens (including phenoxy) is 2. The van der Waals surface area contributed by atoms with Crippen LogP contribution in [0.3, 0.4) is 0 Å². The van der Waals surface area contributed by atoms with Gasteiger partial charge in [-0.15, -0.1) is 0 Å². The molecule has 0 saturated carbocycles. The summed E-state index contributed by atoms with van der Waals surface area (Å²) in [6, 6.07) is 2.66. The first-order chi connectivity index (χ1) is 8.84. The average molecular weight is 273 g/mol. The molecule has 1 aromatic rings. The van der Waals surface area contributed by atoms with E-state index in [0.717, 1.165) is 0 Å². The summed E-state index contributed by atoms with van der Waals surface area (Å²) in [6.45, 7) is 3.04. The minimum atomic E-state index is -3.77. The number of esters is 1. The second-order valence-corrected chi connectivity index (χ2v) is 4.05. The van der Waals surface area contributed by atoms with Crippen molar-refractivity contribution in [2.24, 2.45) is 5.73 Å². The molecule has 0 aromatic heterocycles. The number of benzene rings is 1. The summed E-state index contributed by atoms with van der Waals surface area (Å²) in [5.74, 6) is -4.82. The second kappa shape index (κ2) is 5.97. The third-order valence-corrected chi connectivity index (χ3v) is 2.72. The molecule has 0 aliphatic carbocycles. The van der Waals surface area contributed by atoms with Crippen molar-refractivity contribution < 1.29 is 23.0 Å². The number of alkyl halides is 2. The molecule has 0 fully saturated rings. The van der Waals surface area contributed by atoms with E-state index >= 15 is 0 Å². The maximum Gasteiger partial charge on any atom is 0.379 e. The highest BCUT2D eigenvalue weighted by molar-refractivity contribution is 5.78. The van der Waals surface area contributed by atoms with E-state index in [4.69, 9.17) is 10.5 Å². The van der Waals surface area contributed by atoms with E-state index < -0.39 is 17.9 Å². The molecule has 19 heavy (non-hydrogen) atoms. The number of halogens is 2. The van der Waals surface area contributed by atoms with E-state index in [2.05, 4.69) is 4.74 Å². The molecule has 1 atom stereocenters. The molecule has 106 valence electrons. The lowest BCUT2D eigenvalue weighted by atomic mass is 9.99. The van der Waals surface area contributed by atoms with Gasteiger partial charge >= 0.3 is 11.9 Å². The number of hydrogen-bond donors (Lipinski definition) is 1. The third kappa shape index (κ3) is 3.20. The molecule has 0 aliphatic heterocycles. The first-order valence-electron chi connectivity index (χ1n) is 5.79. The molecular formula is C13H17F2NO3. The monoisotopic (exact) mass is 273 g/mol. The average Bonchev–Trinajstić information content (AvgIpc) is 2.37. The van der Waals surface area contributed by atoms with Crippen LogP contribution in [0, 0.1) is 6.92 Å². The van der Waals surface area contributed by atoms with Crippen molar-refractivity contribution in [3.8, 4) is 5.75 Å². The van der Waals surface area contributed by atoms with Gasteiger partial charge in [-0.3, -0.25) is 0 Å². The van der Waals surface area contributed by atoms with E-state index in [0.29, 0.717) is 11.3 Å². The molecule has 6 heteroatoms. The van der Waals surface area contributed by atoms with E-state index in [9.17, 15) is 13.6 Å². The van der Waals surface area contributed by atoms with Crippen LogP contribution in [-0.4, -0.2) is 25.6 Å². The minimum Gasteiger partial charge on any atom is -0.496 e. The quantitative estimate of drug-likeness (QED) is 0.835. The Morgan fingerprint density at radius 1 is 1.47 bits per heavy atom. The lowest BCUT2D eigenvalue weighted by Gasteiger charge is -2.22. The first-order valence-corrected chi connectivity index (χ1v) is 5.79. The molecule has 2 N–H and O–H groups in total. The summed E-state index contributed by atoms with van der Waals surface area (Å²) in [5.41, 5.74) is 6.28. The highest BCUT2D eigenvalue weighted by Crippen LogP contribution is 2.32. The Balaban J connectivity index is 3.02. The van der Waals surface area contributed by atoms with Gasteiger partial charge < -0.3 is 15.2 Å². The van der Waals surface area contributed by atoms with Gasteiger partial charge in [-0.25, -0.2) is 4.79 Å². The van der Waals surface area contributed by atoms with Gasteiger partial charge in [-0.1, -0.05) is 12.1 Å². The molecule has 1 rings (SSSR count). The van der Waals surface area contributed by atoms with Gasteiger partial charge in [0, 0.05) is 0 Å². The highest BCUT2D eigenvalue weighted by Gasteiger charge is 2.47. The SMILES string of the molecule is CCOC(=O)C(F)(F)[C@H](N)c1ccc(OC)c(C)c1. The fourth-order valence-corrected chi connectivity index (χ4v) is 1.66. The number of nitrogens with two attached hydrogens (primary N) is 1. The molecule has 1 aromatic carbocycles. The van der Waals surface area contributed by atoms with Gasteiger partial charge in [-0.2, -0.15) is 8.78 Å². The standard InChI is InChI=1S/C13H17F2NO3/c1-4-19-12(17)13(14,15)11(16)9-5-6-10(18-3)8(2)7-9/h5-7,11H,4,16H2,1-3H3/t11-/m1/s1. The van der Waals surface area contributed by atoms with E-state index in [1.165, 1.54) is 32.2 Å². The summed E-state index contributed by atoms with van der Waals surface area (Å²) in [4.78, 5) is 11.2. The fourth-order valence-electron chi connectivity index (χ4n) is 1.66. The number of carbonyl (C=O) groups is 1. The van der Waals surface area contributed by atoms with Gasteiger partial charge in [0.2, 0.25) is 0 Å². The first kappa shape index (κ1) is 15.4. The Labute approximate surface area is 110 Å². The Morgan fingerprint density at radius 2 is 2.11 bits per heavy atom. The number of carbonyl (C=O) groups excluding carboxylic acids is 1. The summed E-state index contributed by atoms with van der Waals surface area (Å²) in [6.07, 6.45) is 0. The molecule has 4 nitrogen and oxygen atoms in total. The predicted molar refractivity (Wildman–Crippen MR) is 66.2 cm³/mol. The van der Waals surface area contributed by atoms with Crippen LogP contribution in [0.1, 0.15) is 24.1 Å². The zero-order valence-electron chi connectivity index (χ0n) is 11.1. The Kier molecular flexibility index (Phi) is 4.83. The molecular weight excluding hydrogens is 256 g/mol. The van der Waals surface area contributed by atoms with Crippen LogP contribution >= 0.6 is 0 Å². The lowest BCUT2D eigenvalue weighted by Crippen LogP contribution is -2.41. The van der Waals surface area contributed by atoms with Crippen molar-refractivity contribution in [2.75, 3.05) is 13.7 Å².